The molecule has 0 saturated heterocycles. The SMILES string of the molecule is CCCCCNC(=O)c1cc(Nc2cc(OC)c(OC)c(OC)c2)ccn1. The number of nitrogens with zero attached hydrogens (tertiary/aromatic N) is 1. The number of anilines is 2. The Labute approximate surface area is 160 Å². The van der Waals surface area contributed by atoms with Gasteiger partial charge in [-0.05, 0) is 18.6 Å². The number of hydrogen-bond acceptors (Lipinski definition) is 6. The van der Waals surface area contributed by atoms with Crippen LogP contribution in [0.25, 0.3) is 0 Å². The van der Waals surface area contributed by atoms with E-state index in [4.69, 9.17) is 14.2 Å². The van der Waals surface area contributed by atoms with Crippen molar-refractivity contribution >= 4 is 17.3 Å². The van der Waals surface area contributed by atoms with Crippen LogP contribution in [0.5, 0.6) is 17.2 Å². The zero-order chi connectivity index (χ0) is 19.6. The van der Waals surface area contributed by atoms with Crippen LogP contribution in [0, 0.1) is 0 Å². The molecule has 0 unspecified atom stereocenters. The molecule has 1 amide bonds. The van der Waals surface area contributed by atoms with E-state index in [1.165, 1.54) is 0 Å². The third-order valence-electron chi connectivity index (χ3n) is 4.01. The Balaban J connectivity index is 2.15. The van der Waals surface area contributed by atoms with E-state index in [-0.39, 0.29) is 5.91 Å². The highest BCUT2D eigenvalue weighted by molar-refractivity contribution is 5.93. The summed E-state index contributed by atoms with van der Waals surface area (Å²) in [4.78, 5) is 16.4. The fourth-order valence-electron chi connectivity index (χ4n) is 2.62. The number of aromatic nitrogens is 1. The summed E-state index contributed by atoms with van der Waals surface area (Å²) in [5.41, 5.74) is 1.84. The summed E-state index contributed by atoms with van der Waals surface area (Å²) in [6.07, 6.45) is 4.77. The molecule has 0 atom stereocenters. The summed E-state index contributed by atoms with van der Waals surface area (Å²) in [5.74, 6) is 1.43. The number of methoxy groups -OCH3 is 3. The number of carbonyl (C=O) groups is 1. The zero-order valence-electron chi connectivity index (χ0n) is 16.3. The second kappa shape index (κ2) is 10.3. The Morgan fingerprint density at radius 1 is 1.00 bits per heavy atom. The fourth-order valence-corrected chi connectivity index (χ4v) is 2.62. The molecule has 1 aromatic heterocycles. The van der Waals surface area contributed by atoms with Crippen molar-refractivity contribution in [3.05, 3.63) is 36.2 Å². The topological polar surface area (TPSA) is 81.7 Å². The number of rotatable bonds is 10. The monoisotopic (exact) mass is 373 g/mol. The van der Waals surface area contributed by atoms with Crippen molar-refractivity contribution in [3.8, 4) is 17.2 Å². The van der Waals surface area contributed by atoms with Crippen LogP contribution < -0.4 is 24.8 Å². The van der Waals surface area contributed by atoms with Gasteiger partial charge in [-0.2, -0.15) is 0 Å². The first-order valence-corrected chi connectivity index (χ1v) is 8.94. The van der Waals surface area contributed by atoms with Crippen LogP contribution in [0.1, 0.15) is 36.7 Å². The van der Waals surface area contributed by atoms with Gasteiger partial charge in [-0.25, -0.2) is 0 Å². The molecule has 0 aliphatic carbocycles. The molecule has 0 bridgehead atoms. The molecule has 7 nitrogen and oxygen atoms in total. The second-order valence-electron chi connectivity index (χ2n) is 5.93. The van der Waals surface area contributed by atoms with E-state index < -0.39 is 0 Å². The molecule has 1 heterocycles. The molecular formula is C20H27N3O4. The van der Waals surface area contributed by atoms with Gasteiger partial charge in [0.2, 0.25) is 5.75 Å². The standard InChI is InChI=1S/C20H27N3O4/c1-5-6-7-9-22-20(24)16-11-14(8-10-21-16)23-15-12-17(25-2)19(27-4)18(13-15)26-3/h8,10-13H,5-7,9H2,1-4H3,(H,21,23)(H,22,24). The Hall–Kier alpha value is -2.96. The van der Waals surface area contributed by atoms with E-state index in [9.17, 15) is 4.79 Å². The van der Waals surface area contributed by atoms with Crippen molar-refractivity contribution in [2.45, 2.75) is 26.2 Å². The number of amides is 1. The molecular weight excluding hydrogens is 346 g/mol. The van der Waals surface area contributed by atoms with Crippen LogP contribution in [-0.4, -0.2) is 38.8 Å². The summed E-state index contributed by atoms with van der Waals surface area (Å²) in [6, 6.07) is 7.09. The first-order valence-electron chi connectivity index (χ1n) is 8.94. The average molecular weight is 373 g/mol. The van der Waals surface area contributed by atoms with Crippen molar-refractivity contribution in [2.75, 3.05) is 33.2 Å². The number of pyridine rings is 1. The van der Waals surface area contributed by atoms with Crippen molar-refractivity contribution < 1.29 is 19.0 Å². The minimum absolute atomic E-state index is 0.181. The van der Waals surface area contributed by atoms with Gasteiger partial charge in [-0.3, -0.25) is 9.78 Å². The highest BCUT2D eigenvalue weighted by Gasteiger charge is 2.14. The number of carbonyl (C=O) groups excluding carboxylic acids is 1. The Morgan fingerprint density at radius 3 is 2.30 bits per heavy atom. The van der Waals surface area contributed by atoms with E-state index in [1.54, 1.807) is 51.8 Å². The van der Waals surface area contributed by atoms with Gasteiger partial charge in [0.05, 0.1) is 21.3 Å². The number of hydrogen-bond donors (Lipinski definition) is 2. The van der Waals surface area contributed by atoms with E-state index in [1.807, 2.05) is 0 Å². The van der Waals surface area contributed by atoms with Crippen LogP contribution in [0.2, 0.25) is 0 Å². The first-order chi connectivity index (χ1) is 13.1. The highest BCUT2D eigenvalue weighted by Crippen LogP contribution is 2.40. The molecule has 7 heteroatoms. The third-order valence-corrected chi connectivity index (χ3v) is 4.01. The minimum atomic E-state index is -0.181. The second-order valence-corrected chi connectivity index (χ2v) is 5.93. The third kappa shape index (κ3) is 5.51. The van der Waals surface area contributed by atoms with Gasteiger partial charge in [-0.1, -0.05) is 19.8 Å². The van der Waals surface area contributed by atoms with E-state index in [2.05, 4.69) is 22.5 Å². The maximum absolute atomic E-state index is 12.2. The van der Waals surface area contributed by atoms with Gasteiger partial charge in [0.15, 0.2) is 11.5 Å². The summed E-state index contributed by atoms with van der Waals surface area (Å²) < 4.78 is 16.1. The van der Waals surface area contributed by atoms with Crippen molar-refractivity contribution in [3.63, 3.8) is 0 Å². The Bertz CT molecular complexity index is 740. The zero-order valence-corrected chi connectivity index (χ0v) is 16.3. The smallest absolute Gasteiger partial charge is 0.269 e. The van der Waals surface area contributed by atoms with Gasteiger partial charge >= 0.3 is 0 Å². The van der Waals surface area contributed by atoms with Crippen molar-refractivity contribution in [2.24, 2.45) is 0 Å². The number of nitrogens with one attached hydrogen (secondary N) is 2. The maximum Gasteiger partial charge on any atom is 0.269 e. The molecule has 2 rings (SSSR count). The van der Waals surface area contributed by atoms with Crippen LogP contribution in [0.4, 0.5) is 11.4 Å². The van der Waals surface area contributed by atoms with Crippen molar-refractivity contribution in [1.29, 1.82) is 0 Å². The molecule has 146 valence electrons. The minimum Gasteiger partial charge on any atom is -0.493 e. The molecule has 0 radical (unpaired) electrons. The Morgan fingerprint density at radius 2 is 1.70 bits per heavy atom. The van der Waals surface area contributed by atoms with Gasteiger partial charge in [0.25, 0.3) is 5.91 Å². The van der Waals surface area contributed by atoms with Gasteiger partial charge < -0.3 is 24.8 Å². The van der Waals surface area contributed by atoms with Gasteiger partial charge in [0, 0.05) is 36.2 Å². The lowest BCUT2D eigenvalue weighted by atomic mass is 10.2. The lowest BCUT2D eigenvalue weighted by molar-refractivity contribution is 0.0948. The first kappa shape index (κ1) is 20.4. The summed E-state index contributed by atoms with van der Waals surface area (Å²) in [7, 11) is 4.69. The number of benzene rings is 1. The maximum atomic E-state index is 12.2. The number of unbranched alkanes of at least 4 members (excludes halogenated alkanes) is 2. The molecule has 0 fully saturated rings. The highest BCUT2D eigenvalue weighted by atomic mass is 16.5. The predicted molar refractivity (Wildman–Crippen MR) is 105 cm³/mol. The summed E-state index contributed by atoms with van der Waals surface area (Å²) in [5, 5.41) is 6.13. The van der Waals surface area contributed by atoms with E-state index >= 15 is 0 Å². The lowest BCUT2D eigenvalue weighted by Crippen LogP contribution is -2.25. The molecule has 27 heavy (non-hydrogen) atoms. The van der Waals surface area contributed by atoms with Crippen LogP contribution >= 0.6 is 0 Å². The van der Waals surface area contributed by atoms with Crippen LogP contribution in [0.3, 0.4) is 0 Å². The quantitative estimate of drug-likeness (QED) is 0.617. The normalized spacial score (nSPS) is 10.2. The van der Waals surface area contributed by atoms with E-state index in [0.717, 1.165) is 30.6 Å². The number of ether oxygens (including phenoxy) is 3. The summed E-state index contributed by atoms with van der Waals surface area (Å²) in [6.45, 7) is 2.78. The molecule has 0 aliphatic heterocycles. The molecule has 2 N–H and O–H groups in total. The van der Waals surface area contributed by atoms with Gasteiger partial charge in [-0.15, -0.1) is 0 Å². The predicted octanol–water partition coefficient (Wildman–Crippen LogP) is 3.77. The molecule has 0 saturated carbocycles. The molecule has 1 aromatic carbocycles. The molecule has 2 aromatic rings. The average Bonchev–Trinajstić information content (AvgIpc) is 2.70. The van der Waals surface area contributed by atoms with E-state index in [0.29, 0.717) is 29.5 Å². The summed E-state index contributed by atoms with van der Waals surface area (Å²) >= 11 is 0. The van der Waals surface area contributed by atoms with Gasteiger partial charge in [0.1, 0.15) is 5.69 Å². The van der Waals surface area contributed by atoms with Crippen LogP contribution in [0.15, 0.2) is 30.5 Å². The molecule has 0 aliphatic rings. The van der Waals surface area contributed by atoms with Crippen LogP contribution in [-0.2, 0) is 0 Å². The molecule has 0 spiro atoms. The Kier molecular flexibility index (Phi) is 7.73. The fraction of sp³-hybridized carbons (Fsp3) is 0.400. The largest absolute Gasteiger partial charge is 0.493 e. The lowest BCUT2D eigenvalue weighted by Gasteiger charge is -2.15. The van der Waals surface area contributed by atoms with Crippen molar-refractivity contribution in [1.82, 2.24) is 10.3 Å².